The maximum Gasteiger partial charge on any atom is 0.238 e. The molecule has 2 heterocycles. The minimum atomic E-state index is -0.498. The maximum atomic E-state index is 13.7. The van der Waals surface area contributed by atoms with E-state index in [1.54, 1.807) is 0 Å². The summed E-state index contributed by atoms with van der Waals surface area (Å²) >= 11 is 5.85. The molecule has 3 aromatic rings. The molecule has 27 heavy (non-hydrogen) atoms. The Hall–Kier alpha value is -2.44. The number of piperidine rings is 1. The van der Waals surface area contributed by atoms with Gasteiger partial charge in [0.15, 0.2) is 11.5 Å². The summed E-state index contributed by atoms with van der Waals surface area (Å²) in [4.78, 5) is 18.8. The standard InChI is InChI=1S/C20H19ClFN3O2/c21-14-5-6-15(22)17(11-14)23-19(26)12-25-9-7-13(8-10-25)20-24-16-3-1-2-4-18(16)27-20/h1-6,11,13H,7-10,12H2,(H,23,26). The highest BCUT2D eigenvalue weighted by Gasteiger charge is 2.25. The van der Waals surface area contributed by atoms with E-state index in [0.717, 1.165) is 42.9 Å². The molecule has 2 aromatic carbocycles. The molecule has 5 nitrogen and oxygen atoms in total. The van der Waals surface area contributed by atoms with Crippen molar-refractivity contribution in [1.29, 1.82) is 0 Å². The molecule has 1 fully saturated rings. The summed E-state index contributed by atoms with van der Waals surface area (Å²) in [5.41, 5.74) is 1.78. The van der Waals surface area contributed by atoms with E-state index in [0.29, 0.717) is 5.02 Å². The number of oxazole rings is 1. The number of aromatic nitrogens is 1. The quantitative estimate of drug-likeness (QED) is 0.719. The number of carbonyl (C=O) groups is 1. The molecular weight excluding hydrogens is 369 g/mol. The summed E-state index contributed by atoms with van der Waals surface area (Å²) in [5, 5.41) is 2.97. The number of amides is 1. The van der Waals surface area contributed by atoms with Gasteiger partial charge in [0.1, 0.15) is 11.3 Å². The number of benzene rings is 2. The van der Waals surface area contributed by atoms with E-state index in [1.165, 1.54) is 18.2 Å². The smallest absolute Gasteiger partial charge is 0.238 e. The van der Waals surface area contributed by atoms with E-state index in [2.05, 4.69) is 15.2 Å². The van der Waals surface area contributed by atoms with Crippen molar-refractivity contribution in [3.63, 3.8) is 0 Å². The fourth-order valence-corrected chi connectivity index (χ4v) is 3.56. The van der Waals surface area contributed by atoms with Gasteiger partial charge in [0.25, 0.3) is 0 Å². The first-order valence-electron chi connectivity index (χ1n) is 8.91. The molecule has 1 amide bonds. The van der Waals surface area contributed by atoms with Crippen LogP contribution in [-0.4, -0.2) is 35.4 Å². The van der Waals surface area contributed by atoms with Crippen molar-refractivity contribution in [1.82, 2.24) is 9.88 Å². The van der Waals surface area contributed by atoms with E-state index in [-0.39, 0.29) is 24.1 Å². The second kappa shape index (κ2) is 7.66. The van der Waals surface area contributed by atoms with E-state index >= 15 is 0 Å². The lowest BCUT2D eigenvalue weighted by molar-refractivity contribution is -0.117. The second-order valence-corrected chi connectivity index (χ2v) is 7.18. The zero-order chi connectivity index (χ0) is 18.8. The van der Waals surface area contributed by atoms with Crippen LogP contribution >= 0.6 is 11.6 Å². The largest absolute Gasteiger partial charge is 0.440 e. The Morgan fingerprint density at radius 2 is 2.04 bits per heavy atom. The molecular formula is C20H19ClFN3O2. The number of nitrogens with one attached hydrogen (secondary N) is 1. The third-order valence-electron chi connectivity index (χ3n) is 4.82. The molecule has 140 valence electrons. The molecule has 7 heteroatoms. The van der Waals surface area contributed by atoms with E-state index < -0.39 is 5.82 Å². The Morgan fingerprint density at radius 1 is 1.26 bits per heavy atom. The van der Waals surface area contributed by atoms with Crippen molar-refractivity contribution in [3.05, 3.63) is 59.2 Å². The van der Waals surface area contributed by atoms with Gasteiger partial charge in [-0.1, -0.05) is 23.7 Å². The summed E-state index contributed by atoms with van der Waals surface area (Å²) in [6.07, 6.45) is 1.73. The molecule has 0 unspecified atom stereocenters. The van der Waals surface area contributed by atoms with Crippen LogP contribution in [0.5, 0.6) is 0 Å². The Labute approximate surface area is 161 Å². The highest BCUT2D eigenvalue weighted by molar-refractivity contribution is 6.30. The van der Waals surface area contributed by atoms with E-state index in [4.69, 9.17) is 16.0 Å². The molecule has 4 rings (SSSR count). The summed E-state index contributed by atoms with van der Waals surface area (Å²) in [6, 6.07) is 11.8. The first-order chi connectivity index (χ1) is 13.1. The molecule has 1 aliphatic rings. The topological polar surface area (TPSA) is 58.4 Å². The normalized spacial score (nSPS) is 15.9. The van der Waals surface area contributed by atoms with Crippen LogP contribution < -0.4 is 5.32 Å². The van der Waals surface area contributed by atoms with Gasteiger partial charge in [-0.15, -0.1) is 0 Å². The van der Waals surface area contributed by atoms with Crippen LogP contribution in [0.25, 0.3) is 11.1 Å². The van der Waals surface area contributed by atoms with Crippen molar-refractivity contribution in [2.24, 2.45) is 0 Å². The number of hydrogen-bond donors (Lipinski definition) is 1. The molecule has 0 radical (unpaired) electrons. The number of para-hydroxylation sites is 2. The summed E-state index contributed by atoms with van der Waals surface area (Å²) in [7, 11) is 0. The first kappa shape index (κ1) is 17.9. The average molecular weight is 388 g/mol. The lowest BCUT2D eigenvalue weighted by Gasteiger charge is -2.29. The fourth-order valence-electron chi connectivity index (χ4n) is 3.39. The lowest BCUT2D eigenvalue weighted by atomic mass is 9.97. The minimum Gasteiger partial charge on any atom is -0.440 e. The number of likely N-dealkylation sites (tertiary alicyclic amines) is 1. The van der Waals surface area contributed by atoms with E-state index in [9.17, 15) is 9.18 Å². The number of hydrogen-bond acceptors (Lipinski definition) is 4. The average Bonchev–Trinajstić information content (AvgIpc) is 3.09. The Bertz CT molecular complexity index is 934. The highest BCUT2D eigenvalue weighted by Crippen LogP contribution is 2.29. The van der Waals surface area contributed by atoms with Gasteiger partial charge in [-0.2, -0.15) is 0 Å². The molecule has 1 aliphatic heterocycles. The molecule has 0 spiro atoms. The highest BCUT2D eigenvalue weighted by atomic mass is 35.5. The van der Waals surface area contributed by atoms with Crippen LogP contribution in [0.3, 0.4) is 0 Å². The summed E-state index contributed by atoms with van der Waals surface area (Å²) in [5.74, 6) is 0.266. The lowest BCUT2D eigenvalue weighted by Crippen LogP contribution is -2.38. The van der Waals surface area contributed by atoms with Crippen molar-refractivity contribution in [3.8, 4) is 0 Å². The van der Waals surface area contributed by atoms with Gasteiger partial charge < -0.3 is 9.73 Å². The Balaban J connectivity index is 1.32. The van der Waals surface area contributed by atoms with Gasteiger partial charge in [0.05, 0.1) is 12.2 Å². The fraction of sp³-hybridized carbons (Fsp3) is 0.300. The Kier molecular flexibility index (Phi) is 5.09. The van der Waals surface area contributed by atoms with Gasteiger partial charge in [-0.25, -0.2) is 9.37 Å². The second-order valence-electron chi connectivity index (χ2n) is 6.74. The van der Waals surface area contributed by atoms with Crippen molar-refractivity contribution >= 4 is 34.3 Å². The van der Waals surface area contributed by atoms with Crippen LogP contribution in [0.1, 0.15) is 24.7 Å². The van der Waals surface area contributed by atoms with Gasteiger partial charge in [-0.05, 0) is 56.3 Å². The number of nitrogens with zero attached hydrogens (tertiary/aromatic N) is 2. The zero-order valence-electron chi connectivity index (χ0n) is 14.6. The number of anilines is 1. The predicted molar refractivity (Wildman–Crippen MR) is 102 cm³/mol. The van der Waals surface area contributed by atoms with E-state index in [1.807, 2.05) is 24.3 Å². The van der Waals surface area contributed by atoms with Gasteiger partial charge >= 0.3 is 0 Å². The molecule has 0 atom stereocenters. The van der Waals surface area contributed by atoms with Crippen LogP contribution in [0, 0.1) is 5.82 Å². The van der Waals surface area contributed by atoms with Crippen LogP contribution in [0.2, 0.25) is 5.02 Å². The number of halogens is 2. The monoisotopic (exact) mass is 387 g/mol. The first-order valence-corrected chi connectivity index (χ1v) is 9.29. The minimum absolute atomic E-state index is 0.105. The Morgan fingerprint density at radius 3 is 2.81 bits per heavy atom. The van der Waals surface area contributed by atoms with Gasteiger partial charge in [-0.3, -0.25) is 9.69 Å². The van der Waals surface area contributed by atoms with Crippen LogP contribution in [0.15, 0.2) is 46.9 Å². The van der Waals surface area contributed by atoms with Crippen molar-refractivity contribution < 1.29 is 13.6 Å². The van der Waals surface area contributed by atoms with Gasteiger partial charge in [0, 0.05) is 10.9 Å². The SMILES string of the molecule is O=C(CN1CCC(c2nc3ccccc3o2)CC1)Nc1cc(Cl)ccc1F. The third-order valence-corrected chi connectivity index (χ3v) is 5.05. The molecule has 0 saturated carbocycles. The third kappa shape index (κ3) is 4.12. The molecule has 1 saturated heterocycles. The number of fused-ring (bicyclic) bond motifs is 1. The molecule has 0 bridgehead atoms. The molecule has 1 aromatic heterocycles. The van der Waals surface area contributed by atoms with Gasteiger partial charge in [0.2, 0.25) is 5.91 Å². The zero-order valence-corrected chi connectivity index (χ0v) is 15.4. The van der Waals surface area contributed by atoms with Crippen molar-refractivity contribution in [2.45, 2.75) is 18.8 Å². The number of rotatable bonds is 4. The maximum absolute atomic E-state index is 13.7. The molecule has 1 N–H and O–H groups in total. The number of carbonyl (C=O) groups excluding carboxylic acids is 1. The molecule has 0 aliphatic carbocycles. The van der Waals surface area contributed by atoms with Crippen LogP contribution in [-0.2, 0) is 4.79 Å². The van der Waals surface area contributed by atoms with Crippen LogP contribution in [0.4, 0.5) is 10.1 Å². The summed E-state index contributed by atoms with van der Waals surface area (Å²) < 4.78 is 19.6. The summed E-state index contributed by atoms with van der Waals surface area (Å²) in [6.45, 7) is 1.73. The predicted octanol–water partition coefficient (Wildman–Crippen LogP) is 4.44. The van der Waals surface area contributed by atoms with Crippen molar-refractivity contribution in [2.75, 3.05) is 25.0 Å².